The van der Waals surface area contributed by atoms with Crippen molar-refractivity contribution >= 4 is 16.9 Å². The van der Waals surface area contributed by atoms with Gasteiger partial charge in [0, 0.05) is 5.69 Å². The van der Waals surface area contributed by atoms with Gasteiger partial charge in [0.15, 0.2) is 0 Å². The number of aromatic nitrogens is 3. The smallest absolute Gasteiger partial charge is 0.143 e. The van der Waals surface area contributed by atoms with Gasteiger partial charge in [-0.3, -0.25) is 0 Å². The summed E-state index contributed by atoms with van der Waals surface area (Å²) in [6.45, 7) is 4.13. The Bertz CT molecular complexity index is 877. The summed E-state index contributed by atoms with van der Waals surface area (Å²) >= 11 is 0. The molecule has 122 valence electrons. The van der Waals surface area contributed by atoms with Gasteiger partial charge in [0.25, 0.3) is 0 Å². The molecular formula is C18H19N5O. The highest BCUT2D eigenvalue weighted by Gasteiger charge is 2.15. The number of hydrogen-bond acceptors (Lipinski definition) is 5. The predicted molar refractivity (Wildman–Crippen MR) is 93.4 cm³/mol. The molecule has 0 amide bonds. The summed E-state index contributed by atoms with van der Waals surface area (Å²) in [4.78, 5) is 11.9. The van der Waals surface area contributed by atoms with Gasteiger partial charge in [-0.2, -0.15) is 5.26 Å². The van der Waals surface area contributed by atoms with E-state index in [0.29, 0.717) is 11.4 Å². The summed E-state index contributed by atoms with van der Waals surface area (Å²) in [6, 6.07) is 11.4. The van der Waals surface area contributed by atoms with Crippen LogP contribution in [0.5, 0.6) is 0 Å². The first kappa shape index (κ1) is 16.0. The first-order chi connectivity index (χ1) is 11.6. The summed E-state index contributed by atoms with van der Waals surface area (Å²) in [5.74, 6) is 0.973. The van der Waals surface area contributed by atoms with Gasteiger partial charge in [0.2, 0.25) is 0 Å². The number of aliphatic hydroxyl groups is 1. The molecule has 0 unspecified atom stereocenters. The van der Waals surface area contributed by atoms with Gasteiger partial charge >= 0.3 is 0 Å². The molecule has 24 heavy (non-hydrogen) atoms. The van der Waals surface area contributed by atoms with Crippen LogP contribution in [0, 0.1) is 17.2 Å². The van der Waals surface area contributed by atoms with Crippen LogP contribution in [0.3, 0.4) is 0 Å². The zero-order chi connectivity index (χ0) is 17.1. The van der Waals surface area contributed by atoms with E-state index in [0.717, 1.165) is 22.3 Å². The molecule has 6 nitrogen and oxygen atoms in total. The number of aliphatic hydroxyl groups excluding tert-OH is 1. The number of nitrogens with one attached hydrogen (secondary N) is 2. The molecule has 0 aliphatic heterocycles. The van der Waals surface area contributed by atoms with Crippen LogP contribution in [0.1, 0.15) is 19.4 Å². The van der Waals surface area contributed by atoms with Crippen molar-refractivity contribution < 1.29 is 5.11 Å². The van der Waals surface area contributed by atoms with Crippen molar-refractivity contribution in [2.45, 2.75) is 19.9 Å². The largest absolute Gasteiger partial charge is 0.394 e. The van der Waals surface area contributed by atoms with E-state index in [1.54, 1.807) is 12.1 Å². The lowest BCUT2D eigenvalue weighted by atomic mass is 10.1. The molecule has 3 aromatic rings. The number of anilines is 1. The molecule has 0 spiro atoms. The second kappa shape index (κ2) is 6.69. The molecule has 3 rings (SSSR count). The third-order valence-corrected chi connectivity index (χ3v) is 4.07. The van der Waals surface area contributed by atoms with Crippen LogP contribution in [-0.4, -0.2) is 32.7 Å². The van der Waals surface area contributed by atoms with E-state index < -0.39 is 0 Å². The van der Waals surface area contributed by atoms with Crippen molar-refractivity contribution in [3.63, 3.8) is 0 Å². The van der Waals surface area contributed by atoms with E-state index in [4.69, 9.17) is 5.26 Å². The second-order valence-electron chi connectivity index (χ2n) is 6.03. The fraction of sp³-hybridized carbons (Fsp3) is 0.278. The minimum absolute atomic E-state index is 0.0378. The Morgan fingerprint density at radius 3 is 2.62 bits per heavy atom. The zero-order valence-electron chi connectivity index (χ0n) is 13.6. The maximum absolute atomic E-state index is 9.52. The lowest BCUT2D eigenvalue weighted by molar-refractivity contribution is 0.249. The van der Waals surface area contributed by atoms with Crippen molar-refractivity contribution in [3.05, 3.63) is 42.2 Å². The predicted octanol–water partition coefficient (Wildman–Crippen LogP) is 2.93. The normalized spacial score (nSPS) is 12.3. The van der Waals surface area contributed by atoms with Crippen molar-refractivity contribution in [1.29, 1.82) is 5.26 Å². The van der Waals surface area contributed by atoms with E-state index in [-0.39, 0.29) is 18.6 Å². The van der Waals surface area contributed by atoms with E-state index in [2.05, 4.69) is 26.3 Å². The van der Waals surface area contributed by atoms with Crippen LogP contribution in [0.15, 0.2) is 36.7 Å². The average molecular weight is 321 g/mol. The number of nitriles is 1. The Kier molecular flexibility index (Phi) is 4.45. The molecule has 0 fully saturated rings. The monoisotopic (exact) mass is 321 g/mol. The third-order valence-electron chi connectivity index (χ3n) is 4.07. The van der Waals surface area contributed by atoms with E-state index in [9.17, 15) is 5.11 Å². The van der Waals surface area contributed by atoms with Gasteiger partial charge in [-0.1, -0.05) is 26.0 Å². The van der Waals surface area contributed by atoms with Gasteiger partial charge in [-0.15, -0.1) is 0 Å². The highest BCUT2D eigenvalue weighted by atomic mass is 16.3. The zero-order valence-corrected chi connectivity index (χ0v) is 13.6. The number of hydrogen-bond donors (Lipinski definition) is 3. The maximum atomic E-state index is 9.52. The number of nitrogens with zero attached hydrogens (tertiary/aromatic N) is 3. The molecule has 3 N–H and O–H groups in total. The molecule has 0 aliphatic rings. The van der Waals surface area contributed by atoms with Gasteiger partial charge in [0.1, 0.15) is 17.8 Å². The number of benzene rings is 1. The summed E-state index contributed by atoms with van der Waals surface area (Å²) < 4.78 is 0. The molecule has 2 aromatic heterocycles. The number of H-pyrrole nitrogens is 1. The lowest BCUT2D eigenvalue weighted by Crippen LogP contribution is -2.29. The van der Waals surface area contributed by atoms with Gasteiger partial charge in [0.05, 0.1) is 29.7 Å². The van der Waals surface area contributed by atoms with E-state index in [1.807, 2.05) is 32.0 Å². The first-order valence-electron chi connectivity index (χ1n) is 7.84. The molecule has 6 heteroatoms. The number of aromatic amines is 1. The van der Waals surface area contributed by atoms with Crippen molar-refractivity contribution in [3.8, 4) is 17.3 Å². The third kappa shape index (κ3) is 3.07. The van der Waals surface area contributed by atoms with Crippen LogP contribution < -0.4 is 5.32 Å². The molecule has 1 atom stereocenters. The molecule has 0 bridgehead atoms. The van der Waals surface area contributed by atoms with Crippen LogP contribution in [0.25, 0.3) is 22.3 Å². The first-order valence-corrected chi connectivity index (χ1v) is 7.84. The Hall–Kier alpha value is -2.91. The van der Waals surface area contributed by atoms with Crippen LogP contribution in [-0.2, 0) is 0 Å². The van der Waals surface area contributed by atoms with Crippen LogP contribution >= 0.6 is 0 Å². The SMILES string of the molecule is CC(C)[C@H](CO)Nc1ncnc2[nH]c(-c3ccc(C#N)cc3)cc12. The molecule has 0 radical (unpaired) electrons. The topological polar surface area (TPSA) is 97.6 Å². The number of fused-ring (bicyclic) bond motifs is 1. The fourth-order valence-electron chi connectivity index (χ4n) is 2.53. The quantitative estimate of drug-likeness (QED) is 0.671. The maximum Gasteiger partial charge on any atom is 0.143 e. The minimum atomic E-state index is -0.0728. The summed E-state index contributed by atoms with van der Waals surface area (Å²) in [5.41, 5.74) is 3.23. The molecule has 2 heterocycles. The van der Waals surface area contributed by atoms with Crippen molar-refractivity contribution in [1.82, 2.24) is 15.0 Å². The lowest BCUT2D eigenvalue weighted by Gasteiger charge is -2.20. The second-order valence-corrected chi connectivity index (χ2v) is 6.03. The van der Waals surface area contributed by atoms with Gasteiger partial charge in [-0.05, 0) is 29.7 Å². The Balaban J connectivity index is 1.98. The Morgan fingerprint density at radius 2 is 2.00 bits per heavy atom. The highest BCUT2D eigenvalue weighted by molar-refractivity contribution is 5.91. The molecule has 1 aromatic carbocycles. The van der Waals surface area contributed by atoms with Crippen LogP contribution in [0.4, 0.5) is 5.82 Å². The van der Waals surface area contributed by atoms with E-state index in [1.165, 1.54) is 6.33 Å². The molecule has 0 aliphatic carbocycles. The van der Waals surface area contributed by atoms with Crippen LogP contribution in [0.2, 0.25) is 0 Å². The molecule has 0 saturated carbocycles. The van der Waals surface area contributed by atoms with Gasteiger partial charge in [-0.25, -0.2) is 9.97 Å². The molecule has 0 saturated heterocycles. The Morgan fingerprint density at radius 1 is 1.25 bits per heavy atom. The van der Waals surface area contributed by atoms with Crippen molar-refractivity contribution in [2.75, 3.05) is 11.9 Å². The van der Waals surface area contributed by atoms with E-state index >= 15 is 0 Å². The highest BCUT2D eigenvalue weighted by Crippen LogP contribution is 2.27. The standard InChI is InChI=1S/C18H19N5O/c1-11(2)16(9-24)23-18-14-7-15(22-17(14)20-10-21-18)13-5-3-12(8-19)4-6-13/h3-7,10-11,16,24H,9H2,1-2H3,(H2,20,21,22,23)/t16-/m0/s1. The fourth-order valence-corrected chi connectivity index (χ4v) is 2.53. The molecular weight excluding hydrogens is 302 g/mol. The average Bonchev–Trinajstić information content (AvgIpc) is 3.04. The summed E-state index contributed by atoms with van der Waals surface area (Å²) in [5, 5.41) is 22.6. The number of rotatable bonds is 5. The Labute approximate surface area is 140 Å². The van der Waals surface area contributed by atoms with Crippen molar-refractivity contribution in [2.24, 2.45) is 5.92 Å². The summed E-state index contributed by atoms with van der Waals surface area (Å²) in [7, 11) is 0. The van der Waals surface area contributed by atoms with Gasteiger partial charge < -0.3 is 15.4 Å². The summed E-state index contributed by atoms with van der Waals surface area (Å²) in [6.07, 6.45) is 1.50. The minimum Gasteiger partial charge on any atom is -0.394 e.